The highest BCUT2D eigenvalue weighted by atomic mass is 35.5. The van der Waals surface area contributed by atoms with Crippen molar-refractivity contribution in [1.29, 1.82) is 0 Å². The first-order chi connectivity index (χ1) is 14.1. The summed E-state index contributed by atoms with van der Waals surface area (Å²) in [4.78, 5) is 29.8. The van der Waals surface area contributed by atoms with Gasteiger partial charge in [-0.1, -0.05) is 29.8 Å². The Morgan fingerprint density at radius 1 is 1.03 bits per heavy atom. The molecule has 0 aliphatic heterocycles. The van der Waals surface area contributed by atoms with E-state index in [1.165, 1.54) is 11.8 Å². The van der Waals surface area contributed by atoms with Crippen molar-refractivity contribution in [2.24, 2.45) is 0 Å². The smallest absolute Gasteiger partial charge is 0.347 e. The van der Waals surface area contributed by atoms with Gasteiger partial charge in [-0.3, -0.25) is 4.79 Å². The summed E-state index contributed by atoms with van der Waals surface area (Å²) in [6.45, 7) is 0. The molecule has 0 saturated heterocycles. The third kappa shape index (κ3) is 4.67. The molecule has 0 radical (unpaired) electrons. The number of amides is 1. The van der Waals surface area contributed by atoms with Crippen LogP contribution in [0.15, 0.2) is 86.9 Å². The van der Waals surface area contributed by atoms with E-state index < -0.39 is 5.63 Å². The molecule has 144 valence electrons. The number of hydrogen-bond acceptors (Lipinski definition) is 5. The Hall–Kier alpha value is -3.09. The Kier molecular flexibility index (Phi) is 5.64. The molecule has 0 atom stereocenters. The van der Waals surface area contributed by atoms with Gasteiger partial charge in [0, 0.05) is 21.2 Å². The molecule has 0 bridgehead atoms. The maximum absolute atomic E-state index is 12.3. The van der Waals surface area contributed by atoms with Crippen molar-refractivity contribution in [1.82, 2.24) is 4.98 Å². The zero-order valence-corrected chi connectivity index (χ0v) is 16.7. The van der Waals surface area contributed by atoms with E-state index in [-0.39, 0.29) is 17.6 Å². The van der Waals surface area contributed by atoms with Gasteiger partial charge in [-0.05, 0) is 54.6 Å². The number of halogens is 1. The van der Waals surface area contributed by atoms with Gasteiger partial charge in [-0.2, -0.15) is 0 Å². The minimum atomic E-state index is -0.445. The number of hydrogen-bond donors (Lipinski definition) is 1. The molecular formula is C22H15ClN2O3S. The number of benzene rings is 3. The van der Waals surface area contributed by atoms with E-state index in [0.29, 0.717) is 27.2 Å². The first-order valence-electron chi connectivity index (χ1n) is 8.77. The molecule has 0 aliphatic rings. The minimum Gasteiger partial charge on any atom is -0.403 e. The molecule has 0 aliphatic carbocycles. The number of carbonyl (C=O) groups excluding carboxylic acids is 1. The van der Waals surface area contributed by atoms with Crippen LogP contribution in [0.3, 0.4) is 0 Å². The van der Waals surface area contributed by atoms with E-state index in [4.69, 9.17) is 16.0 Å². The van der Waals surface area contributed by atoms with Gasteiger partial charge in [0.1, 0.15) is 0 Å². The molecule has 1 amide bonds. The van der Waals surface area contributed by atoms with E-state index in [2.05, 4.69) is 10.3 Å². The summed E-state index contributed by atoms with van der Waals surface area (Å²) in [7, 11) is 0. The Morgan fingerprint density at radius 3 is 2.66 bits per heavy atom. The zero-order valence-electron chi connectivity index (χ0n) is 15.1. The molecule has 0 fully saturated rings. The average molecular weight is 423 g/mol. The Bertz CT molecular complexity index is 1240. The molecule has 5 nitrogen and oxygen atoms in total. The van der Waals surface area contributed by atoms with E-state index in [0.717, 1.165) is 4.90 Å². The molecule has 1 aromatic heterocycles. The van der Waals surface area contributed by atoms with Crippen molar-refractivity contribution in [2.45, 2.75) is 4.90 Å². The lowest BCUT2D eigenvalue weighted by molar-refractivity contribution is -0.113. The monoisotopic (exact) mass is 422 g/mol. The molecule has 7 heteroatoms. The van der Waals surface area contributed by atoms with E-state index >= 15 is 0 Å². The molecule has 4 aromatic rings. The zero-order chi connectivity index (χ0) is 20.2. The summed E-state index contributed by atoms with van der Waals surface area (Å²) in [5.41, 5.74) is 1.32. The fourth-order valence-electron chi connectivity index (χ4n) is 2.75. The van der Waals surface area contributed by atoms with Crippen LogP contribution in [0, 0.1) is 0 Å². The third-order valence-corrected chi connectivity index (χ3v) is 5.38. The van der Waals surface area contributed by atoms with Crippen LogP contribution < -0.4 is 10.9 Å². The van der Waals surface area contributed by atoms with Gasteiger partial charge in [-0.15, -0.1) is 11.8 Å². The molecule has 0 unspecified atom stereocenters. The number of fused-ring (bicyclic) bond motifs is 1. The summed E-state index contributed by atoms with van der Waals surface area (Å²) in [5, 5.41) is 3.94. The Labute approximate surface area is 175 Å². The fraction of sp³-hybridized carbons (Fsp3) is 0.0455. The quantitative estimate of drug-likeness (QED) is 0.445. The summed E-state index contributed by atoms with van der Waals surface area (Å²) in [6, 6.07) is 21.4. The average Bonchev–Trinajstić information content (AvgIpc) is 2.73. The second-order valence-electron chi connectivity index (χ2n) is 6.20. The van der Waals surface area contributed by atoms with Gasteiger partial charge in [0.2, 0.25) is 11.8 Å². The predicted octanol–water partition coefficient (Wildman–Crippen LogP) is 5.24. The van der Waals surface area contributed by atoms with Crippen LogP contribution in [0.1, 0.15) is 0 Å². The van der Waals surface area contributed by atoms with Gasteiger partial charge in [0.25, 0.3) is 0 Å². The maximum Gasteiger partial charge on any atom is 0.347 e. The van der Waals surface area contributed by atoms with Crippen LogP contribution in [-0.4, -0.2) is 16.6 Å². The molecule has 3 aromatic carbocycles. The van der Waals surface area contributed by atoms with E-state index in [9.17, 15) is 9.59 Å². The molecular weight excluding hydrogens is 408 g/mol. The van der Waals surface area contributed by atoms with Gasteiger partial charge in [-0.25, -0.2) is 9.78 Å². The second kappa shape index (κ2) is 8.51. The summed E-state index contributed by atoms with van der Waals surface area (Å²) >= 11 is 7.29. The number of aromatic nitrogens is 1. The topological polar surface area (TPSA) is 72.2 Å². The number of thioether (sulfide) groups is 1. The lowest BCUT2D eigenvalue weighted by Crippen LogP contribution is -2.14. The fourth-order valence-corrected chi connectivity index (χ4v) is 3.57. The maximum atomic E-state index is 12.3. The largest absolute Gasteiger partial charge is 0.403 e. The Balaban J connectivity index is 1.49. The molecule has 0 spiro atoms. The van der Waals surface area contributed by atoms with Crippen LogP contribution >= 0.6 is 23.4 Å². The molecule has 1 N–H and O–H groups in total. The van der Waals surface area contributed by atoms with Crippen molar-refractivity contribution < 1.29 is 9.21 Å². The highest BCUT2D eigenvalue weighted by Crippen LogP contribution is 2.23. The van der Waals surface area contributed by atoms with Gasteiger partial charge in [0.15, 0.2) is 0 Å². The first-order valence-corrected chi connectivity index (χ1v) is 10.1. The number of carbonyl (C=O) groups is 1. The van der Waals surface area contributed by atoms with Gasteiger partial charge < -0.3 is 9.73 Å². The predicted molar refractivity (Wildman–Crippen MR) is 117 cm³/mol. The first kappa shape index (κ1) is 19.2. The molecule has 29 heavy (non-hydrogen) atoms. The Morgan fingerprint density at radius 2 is 1.83 bits per heavy atom. The molecule has 1 heterocycles. The van der Waals surface area contributed by atoms with E-state index in [1.807, 2.05) is 18.2 Å². The summed E-state index contributed by atoms with van der Waals surface area (Å²) in [6.07, 6.45) is 0. The van der Waals surface area contributed by atoms with E-state index in [1.54, 1.807) is 54.6 Å². The van der Waals surface area contributed by atoms with Crippen LogP contribution in [0.2, 0.25) is 5.02 Å². The number of rotatable bonds is 5. The highest BCUT2D eigenvalue weighted by molar-refractivity contribution is 8.00. The third-order valence-electron chi connectivity index (χ3n) is 4.11. The number of nitrogens with one attached hydrogen (secondary N) is 1. The van der Waals surface area contributed by atoms with Crippen LogP contribution in [0.25, 0.3) is 22.4 Å². The summed E-state index contributed by atoms with van der Waals surface area (Å²) in [5.74, 6) is 0.324. The van der Waals surface area contributed by atoms with Crippen LogP contribution in [0.5, 0.6) is 0 Å². The molecule has 4 rings (SSSR count). The number of nitrogens with zero attached hydrogens (tertiary/aromatic N) is 1. The standard InChI is InChI=1S/C22H15ClN2O3S/c23-15-8-10-17(11-9-15)29-13-20(26)24-16-5-3-4-14(12-16)21-25-19-7-2-1-6-18(19)22(27)28-21/h1-12H,13H2,(H,24,26). The van der Waals surface area contributed by atoms with Crippen molar-refractivity contribution in [3.8, 4) is 11.5 Å². The van der Waals surface area contributed by atoms with Crippen molar-refractivity contribution in [2.75, 3.05) is 11.1 Å². The van der Waals surface area contributed by atoms with Crippen molar-refractivity contribution in [3.63, 3.8) is 0 Å². The minimum absolute atomic E-state index is 0.143. The van der Waals surface area contributed by atoms with Crippen molar-refractivity contribution >= 4 is 45.9 Å². The number of para-hydroxylation sites is 1. The van der Waals surface area contributed by atoms with Crippen LogP contribution in [-0.2, 0) is 4.79 Å². The normalized spacial score (nSPS) is 10.8. The number of anilines is 1. The second-order valence-corrected chi connectivity index (χ2v) is 7.68. The SMILES string of the molecule is O=C(CSc1ccc(Cl)cc1)Nc1cccc(-c2nc3ccccc3c(=O)o2)c1. The van der Waals surface area contributed by atoms with Gasteiger partial charge >= 0.3 is 5.63 Å². The van der Waals surface area contributed by atoms with Crippen molar-refractivity contribution in [3.05, 3.63) is 88.2 Å². The highest BCUT2D eigenvalue weighted by Gasteiger charge is 2.10. The summed E-state index contributed by atoms with van der Waals surface area (Å²) < 4.78 is 5.36. The molecule has 0 saturated carbocycles. The van der Waals surface area contributed by atoms with Crippen LogP contribution in [0.4, 0.5) is 5.69 Å². The lowest BCUT2D eigenvalue weighted by Gasteiger charge is -2.07. The van der Waals surface area contributed by atoms with Gasteiger partial charge in [0.05, 0.1) is 16.7 Å². The lowest BCUT2D eigenvalue weighted by atomic mass is 10.2.